The number of aromatic nitrogens is 3. The molecular weight excluding hydrogens is 204 g/mol. The highest BCUT2D eigenvalue weighted by Gasteiger charge is 2.07. The van der Waals surface area contributed by atoms with Gasteiger partial charge in [0.1, 0.15) is 5.69 Å². The number of aliphatic hydroxyl groups is 1. The molecule has 5 heteroatoms. The predicted molar refractivity (Wildman–Crippen MR) is 59.3 cm³/mol. The molecule has 0 spiro atoms. The zero-order valence-electron chi connectivity index (χ0n) is 8.82. The molecule has 2 rings (SSSR count). The Bertz CT molecular complexity index is 440. The van der Waals surface area contributed by atoms with Crippen molar-refractivity contribution in [2.24, 2.45) is 5.73 Å². The maximum atomic E-state index is 8.86. The van der Waals surface area contributed by atoms with Crippen LogP contribution in [0.2, 0.25) is 0 Å². The van der Waals surface area contributed by atoms with Crippen LogP contribution in [0.4, 0.5) is 0 Å². The van der Waals surface area contributed by atoms with Gasteiger partial charge in [0.05, 0.1) is 19.3 Å². The third kappa shape index (κ3) is 2.44. The van der Waals surface area contributed by atoms with Crippen LogP contribution in [0.25, 0.3) is 0 Å². The molecule has 0 unspecified atom stereocenters. The number of rotatable bonds is 4. The fraction of sp³-hybridized carbons (Fsp3) is 0.273. The molecule has 0 bridgehead atoms. The summed E-state index contributed by atoms with van der Waals surface area (Å²) < 4.78 is 1.64. The number of aliphatic hydroxyl groups excluding tert-OH is 1. The van der Waals surface area contributed by atoms with E-state index in [-0.39, 0.29) is 12.6 Å². The normalized spacial score (nSPS) is 12.6. The van der Waals surface area contributed by atoms with Crippen molar-refractivity contribution in [3.05, 3.63) is 47.8 Å². The minimum atomic E-state index is -0.116. The molecule has 3 N–H and O–H groups in total. The maximum Gasteiger partial charge on any atom is 0.108 e. The zero-order valence-corrected chi connectivity index (χ0v) is 8.82. The van der Waals surface area contributed by atoms with E-state index in [0.717, 1.165) is 5.56 Å². The SMILES string of the molecule is N[C@H](Cn1cc(CO)nn1)c1ccccc1. The fourth-order valence-corrected chi connectivity index (χ4v) is 1.51. The molecule has 0 aliphatic heterocycles. The van der Waals surface area contributed by atoms with Crippen molar-refractivity contribution in [1.82, 2.24) is 15.0 Å². The molecular formula is C11H14N4O. The first-order valence-corrected chi connectivity index (χ1v) is 5.10. The van der Waals surface area contributed by atoms with Crippen LogP contribution in [-0.2, 0) is 13.2 Å². The lowest BCUT2D eigenvalue weighted by Gasteiger charge is -2.10. The molecule has 84 valence electrons. The smallest absolute Gasteiger partial charge is 0.108 e. The lowest BCUT2D eigenvalue weighted by Crippen LogP contribution is -2.17. The Labute approximate surface area is 93.5 Å². The van der Waals surface area contributed by atoms with Gasteiger partial charge in [-0.2, -0.15) is 0 Å². The third-order valence-electron chi connectivity index (χ3n) is 2.36. The molecule has 2 aromatic rings. The van der Waals surface area contributed by atoms with Gasteiger partial charge in [-0.25, -0.2) is 0 Å². The average Bonchev–Trinajstić information content (AvgIpc) is 2.78. The molecule has 1 atom stereocenters. The predicted octanol–water partition coefficient (Wildman–Crippen LogP) is 0.470. The zero-order chi connectivity index (χ0) is 11.4. The summed E-state index contributed by atoms with van der Waals surface area (Å²) in [6.07, 6.45) is 1.70. The van der Waals surface area contributed by atoms with E-state index in [4.69, 9.17) is 10.8 Å². The monoisotopic (exact) mass is 218 g/mol. The van der Waals surface area contributed by atoms with Crippen LogP contribution in [0, 0.1) is 0 Å². The molecule has 1 heterocycles. The number of hydrogen-bond donors (Lipinski definition) is 2. The molecule has 0 amide bonds. The second-order valence-corrected chi connectivity index (χ2v) is 3.61. The highest BCUT2D eigenvalue weighted by molar-refractivity contribution is 5.18. The number of nitrogens with two attached hydrogens (primary N) is 1. The Kier molecular flexibility index (Phi) is 3.28. The Morgan fingerprint density at radius 3 is 2.69 bits per heavy atom. The fourth-order valence-electron chi connectivity index (χ4n) is 1.51. The van der Waals surface area contributed by atoms with Gasteiger partial charge in [0.15, 0.2) is 0 Å². The van der Waals surface area contributed by atoms with Crippen molar-refractivity contribution in [3.8, 4) is 0 Å². The molecule has 1 aromatic carbocycles. The van der Waals surface area contributed by atoms with Crippen LogP contribution in [0.3, 0.4) is 0 Å². The quantitative estimate of drug-likeness (QED) is 0.782. The van der Waals surface area contributed by atoms with Gasteiger partial charge in [-0.05, 0) is 5.56 Å². The van der Waals surface area contributed by atoms with Crippen LogP contribution >= 0.6 is 0 Å². The summed E-state index contributed by atoms with van der Waals surface area (Å²) in [7, 11) is 0. The van der Waals surface area contributed by atoms with Crippen molar-refractivity contribution in [2.75, 3.05) is 0 Å². The molecule has 1 aromatic heterocycles. The summed E-state index contributed by atoms with van der Waals surface area (Å²) in [5.41, 5.74) is 7.64. The van der Waals surface area contributed by atoms with Crippen molar-refractivity contribution in [3.63, 3.8) is 0 Å². The van der Waals surface area contributed by atoms with Gasteiger partial charge in [0.25, 0.3) is 0 Å². The largest absolute Gasteiger partial charge is 0.390 e. The topological polar surface area (TPSA) is 77.0 Å². The molecule has 0 aliphatic carbocycles. The molecule has 0 saturated heterocycles. The van der Waals surface area contributed by atoms with Gasteiger partial charge in [0, 0.05) is 6.04 Å². The van der Waals surface area contributed by atoms with Gasteiger partial charge in [-0.1, -0.05) is 35.5 Å². The first-order chi connectivity index (χ1) is 7.79. The lowest BCUT2D eigenvalue weighted by molar-refractivity contribution is 0.276. The van der Waals surface area contributed by atoms with Crippen LogP contribution in [0.15, 0.2) is 36.5 Å². The van der Waals surface area contributed by atoms with Crippen LogP contribution in [0.1, 0.15) is 17.3 Å². The van der Waals surface area contributed by atoms with E-state index in [1.54, 1.807) is 10.9 Å². The Morgan fingerprint density at radius 1 is 1.31 bits per heavy atom. The van der Waals surface area contributed by atoms with Gasteiger partial charge in [-0.15, -0.1) is 5.10 Å². The molecule has 5 nitrogen and oxygen atoms in total. The molecule has 0 fully saturated rings. The molecule has 16 heavy (non-hydrogen) atoms. The summed E-state index contributed by atoms with van der Waals surface area (Å²) >= 11 is 0. The molecule has 0 radical (unpaired) electrons. The first-order valence-electron chi connectivity index (χ1n) is 5.10. The van der Waals surface area contributed by atoms with Crippen LogP contribution < -0.4 is 5.73 Å². The summed E-state index contributed by atoms with van der Waals surface area (Å²) in [6.45, 7) is 0.456. The molecule has 0 saturated carbocycles. The van der Waals surface area contributed by atoms with Crippen LogP contribution in [0.5, 0.6) is 0 Å². The van der Waals surface area contributed by atoms with Gasteiger partial charge < -0.3 is 10.8 Å². The molecule has 0 aliphatic rings. The number of nitrogens with zero attached hydrogens (tertiary/aromatic N) is 3. The maximum absolute atomic E-state index is 8.86. The van der Waals surface area contributed by atoms with Gasteiger partial charge >= 0.3 is 0 Å². The van der Waals surface area contributed by atoms with E-state index in [9.17, 15) is 0 Å². The Hall–Kier alpha value is -1.72. The number of hydrogen-bond acceptors (Lipinski definition) is 4. The first kappa shape index (κ1) is 10.8. The average molecular weight is 218 g/mol. The van der Waals surface area contributed by atoms with Crippen molar-refractivity contribution in [2.45, 2.75) is 19.2 Å². The Morgan fingerprint density at radius 2 is 2.06 bits per heavy atom. The van der Waals surface area contributed by atoms with E-state index >= 15 is 0 Å². The summed E-state index contributed by atoms with van der Waals surface area (Å²) in [6, 6.07) is 9.71. The van der Waals surface area contributed by atoms with Gasteiger partial charge in [0.2, 0.25) is 0 Å². The number of benzene rings is 1. The third-order valence-corrected chi connectivity index (χ3v) is 2.36. The van der Waals surface area contributed by atoms with Crippen molar-refractivity contribution < 1.29 is 5.11 Å². The summed E-state index contributed by atoms with van der Waals surface area (Å²) in [4.78, 5) is 0. The summed E-state index contributed by atoms with van der Waals surface area (Å²) in [5, 5.41) is 16.5. The van der Waals surface area contributed by atoms with Crippen molar-refractivity contribution in [1.29, 1.82) is 0 Å². The second kappa shape index (κ2) is 4.87. The van der Waals surface area contributed by atoms with Crippen molar-refractivity contribution >= 4 is 0 Å². The second-order valence-electron chi connectivity index (χ2n) is 3.61. The van der Waals surface area contributed by atoms with Crippen LogP contribution in [-0.4, -0.2) is 20.1 Å². The highest BCUT2D eigenvalue weighted by Crippen LogP contribution is 2.11. The van der Waals surface area contributed by atoms with Gasteiger partial charge in [-0.3, -0.25) is 4.68 Å². The van der Waals surface area contributed by atoms with E-state index in [1.165, 1.54) is 0 Å². The highest BCUT2D eigenvalue weighted by atomic mass is 16.3. The minimum absolute atomic E-state index is 0.0967. The van der Waals surface area contributed by atoms with E-state index < -0.39 is 0 Å². The standard InChI is InChI=1S/C11H14N4O/c12-11(9-4-2-1-3-5-9)7-15-6-10(8-16)13-14-15/h1-6,11,16H,7-8,12H2/t11-/m1/s1. The van der Waals surface area contributed by atoms with E-state index in [2.05, 4.69) is 10.3 Å². The lowest BCUT2D eigenvalue weighted by atomic mass is 10.1. The summed E-state index contributed by atoms with van der Waals surface area (Å²) in [5.74, 6) is 0. The Balaban J connectivity index is 2.05. The minimum Gasteiger partial charge on any atom is -0.390 e. The van der Waals surface area contributed by atoms with E-state index in [1.807, 2.05) is 30.3 Å². The van der Waals surface area contributed by atoms with E-state index in [0.29, 0.717) is 12.2 Å².